The zero-order chi connectivity index (χ0) is 8.85. The molecule has 0 bridgehead atoms. The summed E-state index contributed by atoms with van der Waals surface area (Å²) in [6.45, 7) is 5.30. The summed E-state index contributed by atoms with van der Waals surface area (Å²) in [7, 11) is 0. The van der Waals surface area contributed by atoms with Crippen molar-refractivity contribution in [1.82, 2.24) is 0 Å². The van der Waals surface area contributed by atoms with Crippen molar-refractivity contribution in [3.63, 3.8) is 0 Å². The molecule has 0 saturated heterocycles. The first-order valence-electron chi connectivity index (χ1n) is 3.29. The van der Waals surface area contributed by atoms with E-state index < -0.39 is 0 Å². The van der Waals surface area contributed by atoms with Crippen LogP contribution >= 0.6 is 0 Å². The minimum atomic E-state index is 0.00620. The van der Waals surface area contributed by atoms with E-state index in [-0.39, 0.29) is 11.7 Å². The average Bonchev–Trinajstić information content (AvgIpc) is 1.88. The summed E-state index contributed by atoms with van der Waals surface area (Å²) >= 11 is 0. The number of rotatable bonds is 2. The number of ether oxygens (including phenoxy) is 1. The summed E-state index contributed by atoms with van der Waals surface area (Å²) in [5, 5.41) is 16.8. The lowest BCUT2D eigenvalue weighted by atomic mass is 10.3. The van der Waals surface area contributed by atoms with Gasteiger partial charge in [0.2, 0.25) is 0 Å². The number of nitrogens with zero attached hydrogens (tertiary/aromatic N) is 2. The van der Waals surface area contributed by atoms with Gasteiger partial charge < -0.3 is 4.74 Å². The summed E-state index contributed by atoms with van der Waals surface area (Å²) in [5.41, 5.74) is 0.0405. The van der Waals surface area contributed by atoms with Crippen molar-refractivity contribution in [1.29, 1.82) is 10.5 Å². The van der Waals surface area contributed by atoms with Crippen molar-refractivity contribution in [3.05, 3.63) is 11.3 Å². The molecule has 58 valence electrons. The average molecular weight is 150 g/mol. The molecule has 0 radical (unpaired) electrons. The van der Waals surface area contributed by atoms with Gasteiger partial charge in [-0.25, -0.2) is 0 Å². The first-order chi connectivity index (χ1) is 5.11. The van der Waals surface area contributed by atoms with Crippen molar-refractivity contribution in [2.45, 2.75) is 26.9 Å². The number of hydrogen-bond acceptors (Lipinski definition) is 3. The molecule has 0 spiro atoms. The third kappa shape index (κ3) is 3.27. The molecule has 11 heavy (non-hydrogen) atoms. The second kappa shape index (κ2) is 4.35. The smallest absolute Gasteiger partial charge is 0.166 e. The van der Waals surface area contributed by atoms with E-state index in [9.17, 15) is 0 Å². The van der Waals surface area contributed by atoms with Crippen LogP contribution in [0, 0.1) is 22.7 Å². The van der Waals surface area contributed by atoms with E-state index in [1.165, 1.54) is 0 Å². The minimum absolute atomic E-state index is 0.00620. The Morgan fingerprint density at radius 1 is 1.27 bits per heavy atom. The second-order valence-electron chi connectivity index (χ2n) is 2.32. The second-order valence-corrected chi connectivity index (χ2v) is 2.32. The fourth-order valence-corrected chi connectivity index (χ4v) is 0.595. The zero-order valence-electron chi connectivity index (χ0n) is 6.88. The number of hydrogen-bond donors (Lipinski definition) is 0. The van der Waals surface area contributed by atoms with Crippen LogP contribution < -0.4 is 0 Å². The van der Waals surface area contributed by atoms with E-state index in [1.54, 1.807) is 19.1 Å². The number of nitriles is 2. The van der Waals surface area contributed by atoms with Gasteiger partial charge in [0.1, 0.15) is 17.9 Å². The molecule has 0 saturated carbocycles. The molecule has 0 aromatic rings. The van der Waals surface area contributed by atoms with Gasteiger partial charge in [0, 0.05) is 0 Å². The Labute approximate surface area is 66.5 Å². The lowest BCUT2D eigenvalue weighted by Crippen LogP contribution is -2.01. The normalized spacial score (nSPS) is 8.18. The summed E-state index contributed by atoms with van der Waals surface area (Å²) in [5.74, 6) is 0.394. The van der Waals surface area contributed by atoms with Gasteiger partial charge in [-0.2, -0.15) is 10.5 Å². The molecule has 3 heteroatoms. The van der Waals surface area contributed by atoms with Crippen LogP contribution in [0.15, 0.2) is 11.3 Å². The van der Waals surface area contributed by atoms with E-state index in [1.807, 2.05) is 13.8 Å². The first kappa shape index (κ1) is 9.52. The Balaban J connectivity index is 4.43. The third-order valence-electron chi connectivity index (χ3n) is 0.988. The molecule has 0 aliphatic rings. The van der Waals surface area contributed by atoms with Gasteiger partial charge in [-0.05, 0) is 20.8 Å². The molecule has 0 rings (SSSR count). The molecule has 3 nitrogen and oxygen atoms in total. The van der Waals surface area contributed by atoms with Gasteiger partial charge in [0.05, 0.1) is 6.10 Å². The Kier molecular flexibility index (Phi) is 3.77. The quantitative estimate of drug-likeness (QED) is 0.445. The molecule has 0 atom stereocenters. The highest BCUT2D eigenvalue weighted by molar-refractivity contribution is 5.37. The molecule has 0 aromatic carbocycles. The molecule has 0 heterocycles. The highest BCUT2D eigenvalue weighted by Gasteiger charge is 2.02. The largest absolute Gasteiger partial charge is 0.494 e. The van der Waals surface area contributed by atoms with Crippen LogP contribution in [0.1, 0.15) is 20.8 Å². The van der Waals surface area contributed by atoms with Crippen LogP contribution in [-0.4, -0.2) is 6.10 Å². The van der Waals surface area contributed by atoms with Crippen LogP contribution in [0.25, 0.3) is 0 Å². The van der Waals surface area contributed by atoms with Crippen molar-refractivity contribution in [2.75, 3.05) is 0 Å². The Morgan fingerprint density at radius 3 is 2.00 bits per heavy atom. The Hall–Kier alpha value is -1.48. The lowest BCUT2D eigenvalue weighted by molar-refractivity contribution is 0.148. The van der Waals surface area contributed by atoms with Crippen LogP contribution in [0.2, 0.25) is 0 Å². The zero-order valence-corrected chi connectivity index (χ0v) is 6.88. The monoisotopic (exact) mass is 150 g/mol. The van der Waals surface area contributed by atoms with Gasteiger partial charge in [-0.1, -0.05) is 0 Å². The van der Waals surface area contributed by atoms with Crippen molar-refractivity contribution in [2.24, 2.45) is 0 Å². The molecule has 0 unspecified atom stereocenters. The summed E-state index contributed by atoms with van der Waals surface area (Å²) in [6, 6.07) is 3.50. The first-order valence-corrected chi connectivity index (χ1v) is 3.29. The van der Waals surface area contributed by atoms with Crippen molar-refractivity contribution >= 4 is 0 Å². The molecule has 0 fully saturated rings. The molecule has 0 N–H and O–H groups in total. The third-order valence-corrected chi connectivity index (χ3v) is 0.988. The maximum Gasteiger partial charge on any atom is 0.166 e. The fraction of sp³-hybridized carbons (Fsp3) is 0.500. The van der Waals surface area contributed by atoms with Crippen LogP contribution in [-0.2, 0) is 4.74 Å². The van der Waals surface area contributed by atoms with E-state index >= 15 is 0 Å². The van der Waals surface area contributed by atoms with Crippen LogP contribution in [0.4, 0.5) is 0 Å². The van der Waals surface area contributed by atoms with Crippen LogP contribution in [0.5, 0.6) is 0 Å². The molecular formula is C8H10N2O. The predicted octanol–water partition coefficient (Wildman–Crippen LogP) is 1.73. The number of allylic oxidation sites excluding steroid dienone is 2. The van der Waals surface area contributed by atoms with Crippen LogP contribution in [0.3, 0.4) is 0 Å². The predicted molar refractivity (Wildman–Crippen MR) is 40.1 cm³/mol. The maximum absolute atomic E-state index is 8.40. The van der Waals surface area contributed by atoms with E-state index in [4.69, 9.17) is 15.3 Å². The Bertz CT molecular complexity index is 224. The minimum Gasteiger partial charge on any atom is -0.494 e. The highest BCUT2D eigenvalue weighted by atomic mass is 16.5. The van der Waals surface area contributed by atoms with Gasteiger partial charge in [0.25, 0.3) is 0 Å². The fourth-order valence-electron chi connectivity index (χ4n) is 0.595. The SMILES string of the molecule is CC(OC(C)C)=C(C#N)C#N. The van der Waals surface area contributed by atoms with Gasteiger partial charge >= 0.3 is 0 Å². The van der Waals surface area contributed by atoms with Gasteiger partial charge in [-0.15, -0.1) is 0 Å². The highest BCUT2D eigenvalue weighted by Crippen LogP contribution is 2.06. The summed E-state index contributed by atoms with van der Waals surface area (Å²) in [6.07, 6.45) is 0.00620. The lowest BCUT2D eigenvalue weighted by Gasteiger charge is -2.08. The van der Waals surface area contributed by atoms with Crippen molar-refractivity contribution < 1.29 is 4.74 Å². The summed E-state index contributed by atoms with van der Waals surface area (Å²) in [4.78, 5) is 0. The topological polar surface area (TPSA) is 56.8 Å². The van der Waals surface area contributed by atoms with Gasteiger partial charge in [-0.3, -0.25) is 0 Å². The molecule has 0 aliphatic carbocycles. The standard InChI is InChI=1S/C8H10N2O/c1-6(2)11-7(3)8(4-9)5-10/h6H,1-3H3. The molecular weight excluding hydrogens is 140 g/mol. The van der Waals surface area contributed by atoms with E-state index in [0.29, 0.717) is 5.76 Å². The maximum atomic E-state index is 8.40. The molecule has 0 aliphatic heterocycles. The molecule has 0 amide bonds. The Morgan fingerprint density at radius 2 is 1.73 bits per heavy atom. The van der Waals surface area contributed by atoms with Gasteiger partial charge in [0.15, 0.2) is 5.57 Å². The van der Waals surface area contributed by atoms with E-state index in [0.717, 1.165) is 0 Å². The molecule has 0 aromatic heterocycles. The van der Waals surface area contributed by atoms with Crippen molar-refractivity contribution in [3.8, 4) is 12.1 Å². The summed E-state index contributed by atoms with van der Waals surface area (Å²) < 4.78 is 5.13. The van der Waals surface area contributed by atoms with E-state index in [2.05, 4.69) is 0 Å².